The van der Waals surface area contributed by atoms with E-state index < -0.39 is 0 Å². The smallest absolute Gasteiger partial charge is 0.0744 e. The molecule has 1 unspecified atom stereocenters. The molecule has 17 heavy (non-hydrogen) atoms. The molecule has 0 amide bonds. The minimum Gasteiger partial charge on any atom is -0.381 e. The van der Waals surface area contributed by atoms with Gasteiger partial charge in [0, 0.05) is 28.9 Å². The van der Waals surface area contributed by atoms with Crippen molar-refractivity contribution in [2.45, 2.75) is 32.4 Å². The van der Waals surface area contributed by atoms with E-state index in [4.69, 9.17) is 10.00 Å². The molecular formula is C13H17BrN2O. The molecule has 1 N–H and O–H groups in total. The third kappa shape index (κ3) is 4.03. The quantitative estimate of drug-likeness (QED) is 0.870. The summed E-state index contributed by atoms with van der Waals surface area (Å²) in [6, 6.07) is 8.37. The topological polar surface area (TPSA) is 45.0 Å². The first-order valence-corrected chi connectivity index (χ1v) is 6.42. The van der Waals surface area contributed by atoms with Crippen LogP contribution in [0.3, 0.4) is 0 Å². The van der Waals surface area contributed by atoms with Crippen molar-refractivity contribution in [2.24, 2.45) is 0 Å². The highest BCUT2D eigenvalue weighted by atomic mass is 79.9. The number of nitrogens with zero attached hydrogens (tertiary/aromatic N) is 1. The highest BCUT2D eigenvalue weighted by Crippen LogP contribution is 2.26. The van der Waals surface area contributed by atoms with E-state index in [0.717, 1.165) is 22.1 Å². The predicted molar refractivity (Wildman–Crippen MR) is 72.8 cm³/mol. The van der Waals surface area contributed by atoms with Crippen LogP contribution in [0.5, 0.6) is 0 Å². The Morgan fingerprint density at radius 2 is 2.29 bits per heavy atom. The van der Waals surface area contributed by atoms with Crippen LogP contribution in [-0.4, -0.2) is 13.2 Å². The van der Waals surface area contributed by atoms with Crippen LogP contribution in [0, 0.1) is 11.3 Å². The number of nitrogens with one attached hydrogen (secondary N) is 1. The summed E-state index contributed by atoms with van der Waals surface area (Å²) in [6.45, 7) is 2.62. The maximum absolute atomic E-state index is 8.75. The lowest BCUT2D eigenvalue weighted by molar-refractivity contribution is 0.185. The molecule has 0 saturated carbocycles. The molecule has 0 heterocycles. The number of nitriles is 1. The highest BCUT2D eigenvalue weighted by molar-refractivity contribution is 9.10. The van der Waals surface area contributed by atoms with Crippen molar-refractivity contribution in [1.82, 2.24) is 0 Å². The fraction of sp³-hybridized carbons (Fsp3) is 0.462. The van der Waals surface area contributed by atoms with Gasteiger partial charge in [0.1, 0.15) is 0 Å². The van der Waals surface area contributed by atoms with E-state index in [2.05, 4.69) is 34.2 Å². The first-order chi connectivity index (χ1) is 8.22. The van der Waals surface area contributed by atoms with Crippen molar-refractivity contribution in [2.75, 3.05) is 12.4 Å². The lowest BCUT2D eigenvalue weighted by Gasteiger charge is -2.18. The maximum Gasteiger partial charge on any atom is 0.0744 e. The first kappa shape index (κ1) is 14.0. The van der Waals surface area contributed by atoms with Gasteiger partial charge in [-0.3, -0.25) is 0 Å². The zero-order chi connectivity index (χ0) is 12.7. The summed E-state index contributed by atoms with van der Waals surface area (Å²) < 4.78 is 6.21. The zero-order valence-electron chi connectivity index (χ0n) is 10.2. The molecule has 1 atom stereocenters. The molecule has 0 bridgehead atoms. The van der Waals surface area contributed by atoms with Gasteiger partial charge in [-0.2, -0.15) is 5.26 Å². The molecule has 0 fully saturated rings. The Morgan fingerprint density at radius 3 is 2.88 bits per heavy atom. The van der Waals surface area contributed by atoms with Crippen LogP contribution in [0.15, 0.2) is 22.7 Å². The van der Waals surface area contributed by atoms with Crippen LogP contribution in [0.25, 0.3) is 0 Å². The summed E-state index contributed by atoms with van der Waals surface area (Å²) in [7, 11) is 1.68. The zero-order valence-corrected chi connectivity index (χ0v) is 11.8. The molecule has 92 valence electrons. The molecule has 0 aromatic heterocycles. The number of rotatable bonds is 6. The second-order valence-corrected chi connectivity index (χ2v) is 4.67. The minimum absolute atomic E-state index is 0.185. The SMILES string of the molecule is CCC(CC#N)Nc1cccc(Br)c1COC. The van der Waals surface area contributed by atoms with Gasteiger partial charge < -0.3 is 10.1 Å². The average molecular weight is 297 g/mol. The lowest BCUT2D eigenvalue weighted by atomic mass is 10.1. The normalized spacial score (nSPS) is 11.9. The van der Waals surface area contributed by atoms with Crippen molar-refractivity contribution < 1.29 is 4.74 Å². The summed E-state index contributed by atoms with van der Waals surface area (Å²) in [5, 5.41) is 12.1. The van der Waals surface area contributed by atoms with Gasteiger partial charge in [0.05, 0.1) is 19.1 Å². The monoisotopic (exact) mass is 296 g/mol. The van der Waals surface area contributed by atoms with Crippen molar-refractivity contribution in [3.63, 3.8) is 0 Å². The van der Waals surface area contributed by atoms with Gasteiger partial charge in [0.25, 0.3) is 0 Å². The van der Waals surface area contributed by atoms with Crippen molar-refractivity contribution in [3.8, 4) is 6.07 Å². The fourth-order valence-electron chi connectivity index (χ4n) is 1.61. The van der Waals surface area contributed by atoms with E-state index in [0.29, 0.717) is 13.0 Å². The third-order valence-electron chi connectivity index (χ3n) is 2.60. The van der Waals surface area contributed by atoms with E-state index in [-0.39, 0.29) is 6.04 Å². The van der Waals surface area contributed by atoms with Crippen LogP contribution in [0.1, 0.15) is 25.3 Å². The Kier molecular flexibility index (Phi) is 6.03. The Labute approximate surface area is 111 Å². The molecule has 0 radical (unpaired) electrons. The molecule has 3 nitrogen and oxygen atoms in total. The van der Waals surface area contributed by atoms with Crippen LogP contribution in [0.4, 0.5) is 5.69 Å². The molecule has 1 aromatic carbocycles. The minimum atomic E-state index is 0.185. The van der Waals surface area contributed by atoms with Gasteiger partial charge in [0.2, 0.25) is 0 Å². The number of hydrogen-bond acceptors (Lipinski definition) is 3. The van der Waals surface area contributed by atoms with Crippen molar-refractivity contribution in [1.29, 1.82) is 5.26 Å². The number of halogens is 1. The van der Waals surface area contributed by atoms with Crippen LogP contribution >= 0.6 is 15.9 Å². The number of hydrogen-bond donors (Lipinski definition) is 1. The average Bonchev–Trinajstić information content (AvgIpc) is 2.33. The van der Waals surface area contributed by atoms with Crippen LogP contribution in [0.2, 0.25) is 0 Å². The van der Waals surface area contributed by atoms with Crippen LogP contribution < -0.4 is 5.32 Å². The largest absolute Gasteiger partial charge is 0.381 e. The maximum atomic E-state index is 8.75. The van der Waals surface area contributed by atoms with E-state index in [1.165, 1.54) is 0 Å². The Bertz CT molecular complexity index is 401. The standard InChI is InChI=1S/C13H17BrN2O/c1-3-10(7-8-15)16-13-6-4-5-12(14)11(13)9-17-2/h4-6,10,16H,3,7,9H2,1-2H3. The van der Waals surface area contributed by atoms with Gasteiger partial charge in [-0.25, -0.2) is 0 Å². The first-order valence-electron chi connectivity index (χ1n) is 5.62. The second-order valence-electron chi connectivity index (χ2n) is 3.81. The van der Waals surface area contributed by atoms with Gasteiger partial charge in [0.15, 0.2) is 0 Å². The highest BCUT2D eigenvalue weighted by Gasteiger charge is 2.10. The molecule has 0 aliphatic carbocycles. The number of anilines is 1. The summed E-state index contributed by atoms with van der Waals surface area (Å²) in [4.78, 5) is 0. The van der Waals surface area contributed by atoms with E-state index in [1.807, 2.05) is 18.2 Å². The predicted octanol–water partition coefficient (Wildman–Crippen LogP) is 3.70. The lowest BCUT2D eigenvalue weighted by Crippen LogP contribution is -2.18. The molecule has 1 rings (SSSR count). The van der Waals surface area contributed by atoms with E-state index in [9.17, 15) is 0 Å². The van der Waals surface area contributed by atoms with Gasteiger partial charge >= 0.3 is 0 Å². The Balaban J connectivity index is 2.89. The van der Waals surface area contributed by atoms with Gasteiger partial charge in [-0.15, -0.1) is 0 Å². The van der Waals surface area contributed by atoms with Crippen LogP contribution in [-0.2, 0) is 11.3 Å². The second kappa shape index (κ2) is 7.31. The fourth-order valence-corrected chi connectivity index (χ4v) is 2.09. The van der Waals surface area contributed by atoms with E-state index >= 15 is 0 Å². The number of ether oxygens (including phenoxy) is 1. The Morgan fingerprint density at radius 1 is 1.53 bits per heavy atom. The summed E-state index contributed by atoms with van der Waals surface area (Å²) in [5.74, 6) is 0. The van der Waals surface area contributed by atoms with E-state index in [1.54, 1.807) is 7.11 Å². The summed E-state index contributed by atoms with van der Waals surface area (Å²) in [6.07, 6.45) is 1.43. The molecular weight excluding hydrogens is 280 g/mol. The third-order valence-corrected chi connectivity index (χ3v) is 3.34. The molecule has 0 aliphatic heterocycles. The number of benzene rings is 1. The molecule has 0 saturated heterocycles. The Hall–Kier alpha value is -1.05. The van der Waals surface area contributed by atoms with Gasteiger partial charge in [-0.1, -0.05) is 28.9 Å². The van der Waals surface area contributed by atoms with Crippen molar-refractivity contribution >= 4 is 21.6 Å². The number of methoxy groups -OCH3 is 1. The molecule has 0 aliphatic rings. The summed E-state index contributed by atoms with van der Waals surface area (Å²) >= 11 is 3.51. The molecule has 0 spiro atoms. The summed E-state index contributed by atoms with van der Waals surface area (Å²) in [5.41, 5.74) is 2.12. The van der Waals surface area contributed by atoms with Gasteiger partial charge in [-0.05, 0) is 18.6 Å². The van der Waals surface area contributed by atoms with Crippen molar-refractivity contribution in [3.05, 3.63) is 28.2 Å². The molecule has 1 aromatic rings. The molecule has 4 heteroatoms.